The first-order chi connectivity index (χ1) is 13.4. The molecule has 3 aromatic carbocycles. The molecule has 142 valence electrons. The van der Waals surface area contributed by atoms with Crippen LogP contribution in [0.25, 0.3) is 0 Å². The van der Waals surface area contributed by atoms with Crippen molar-refractivity contribution < 1.29 is 9.59 Å². The van der Waals surface area contributed by atoms with Crippen molar-refractivity contribution >= 4 is 17.5 Å². The van der Waals surface area contributed by atoms with Crippen molar-refractivity contribution in [3.63, 3.8) is 0 Å². The Morgan fingerprint density at radius 2 is 1.43 bits per heavy atom. The van der Waals surface area contributed by atoms with E-state index in [1.807, 2.05) is 63.2 Å². The highest BCUT2D eigenvalue weighted by molar-refractivity contribution is 6.05. The molecular formula is C24H24N2O2. The van der Waals surface area contributed by atoms with Gasteiger partial charge in [-0.15, -0.1) is 0 Å². The molecule has 0 radical (unpaired) electrons. The first-order valence-electron chi connectivity index (χ1n) is 9.25. The van der Waals surface area contributed by atoms with E-state index in [-0.39, 0.29) is 11.8 Å². The van der Waals surface area contributed by atoms with E-state index in [1.165, 1.54) is 0 Å². The molecule has 0 heterocycles. The molecule has 0 spiro atoms. The molecule has 3 aromatic rings. The summed E-state index contributed by atoms with van der Waals surface area (Å²) in [6, 6.07) is 20.5. The van der Waals surface area contributed by atoms with Crippen LogP contribution in [0.2, 0.25) is 0 Å². The average Bonchev–Trinajstić information content (AvgIpc) is 2.70. The normalized spacial score (nSPS) is 10.4. The van der Waals surface area contributed by atoms with Crippen molar-refractivity contribution in [3.8, 4) is 0 Å². The van der Waals surface area contributed by atoms with Crippen LogP contribution in [-0.2, 0) is 6.54 Å². The van der Waals surface area contributed by atoms with Crippen LogP contribution in [0.5, 0.6) is 0 Å². The molecule has 4 nitrogen and oxygen atoms in total. The number of aryl methyl sites for hydroxylation is 2. The van der Waals surface area contributed by atoms with Gasteiger partial charge in [-0.1, -0.05) is 42.0 Å². The lowest BCUT2D eigenvalue weighted by atomic mass is 10.1. The third kappa shape index (κ3) is 4.65. The minimum Gasteiger partial charge on any atom is -0.348 e. The SMILES string of the molecule is Cc1cccc(CNC(=O)c2ccc(C(=O)Nc3cccc(C)c3C)cc2)c1. The zero-order chi connectivity index (χ0) is 20.1. The van der Waals surface area contributed by atoms with Gasteiger partial charge in [-0.3, -0.25) is 9.59 Å². The standard InChI is InChI=1S/C24H24N2O2/c1-16-6-4-8-19(14-16)15-25-23(27)20-10-12-21(13-11-20)24(28)26-22-9-5-7-17(2)18(22)3/h4-14H,15H2,1-3H3,(H,25,27)(H,26,28). The molecule has 2 N–H and O–H groups in total. The molecule has 0 aromatic heterocycles. The maximum atomic E-state index is 12.5. The molecule has 3 rings (SSSR count). The Morgan fingerprint density at radius 1 is 0.786 bits per heavy atom. The van der Waals surface area contributed by atoms with E-state index in [0.717, 1.165) is 27.9 Å². The lowest BCUT2D eigenvalue weighted by Gasteiger charge is -2.11. The summed E-state index contributed by atoms with van der Waals surface area (Å²) in [7, 11) is 0. The summed E-state index contributed by atoms with van der Waals surface area (Å²) in [4.78, 5) is 24.8. The Kier molecular flexibility index (Phi) is 5.90. The third-order valence-electron chi connectivity index (χ3n) is 4.80. The average molecular weight is 372 g/mol. The summed E-state index contributed by atoms with van der Waals surface area (Å²) in [6.45, 7) is 6.48. The smallest absolute Gasteiger partial charge is 0.255 e. The number of benzene rings is 3. The van der Waals surface area contributed by atoms with Crippen LogP contribution in [0, 0.1) is 20.8 Å². The lowest BCUT2D eigenvalue weighted by molar-refractivity contribution is 0.0949. The molecule has 0 fully saturated rings. The van der Waals surface area contributed by atoms with Crippen molar-refractivity contribution in [3.05, 3.63) is 100 Å². The molecule has 0 saturated heterocycles. The van der Waals surface area contributed by atoms with Crippen LogP contribution < -0.4 is 10.6 Å². The van der Waals surface area contributed by atoms with Crippen LogP contribution in [0.3, 0.4) is 0 Å². The molecule has 0 aliphatic carbocycles. The van der Waals surface area contributed by atoms with Crippen LogP contribution >= 0.6 is 0 Å². The molecule has 28 heavy (non-hydrogen) atoms. The van der Waals surface area contributed by atoms with Crippen molar-refractivity contribution in [2.24, 2.45) is 0 Å². The fraction of sp³-hybridized carbons (Fsp3) is 0.167. The van der Waals surface area contributed by atoms with Gasteiger partial charge >= 0.3 is 0 Å². The van der Waals surface area contributed by atoms with E-state index in [0.29, 0.717) is 17.7 Å². The van der Waals surface area contributed by atoms with Crippen molar-refractivity contribution in [2.45, 2.75) is 27.3 Å². The molecule has 0 saturated carbocycles. The zero-order valence-corrected chi connectivity index (χ0v) is 16.4. The third-order valence-corrected chi connectivity index (χ3v) is 4.80. The highest BCUT2D eigenvalue weighted by Gasteiger charge is 2.11. The van der Waals surface area contributed by atoms with Crippen LogP contribution in [-0.4, -0.2) is 11.8 Å². The number of amides is 2. The number of hydrogen-bond donors (Lipinski definition) is 2. The quantitative estimate of drug-likeness (QED) is 0.676. The Balaban J connectivity index is 1.63. The number of carbonyl (C=O) groups excluding carboxylic acids is 2. The number of nitrogens with one attached hydrogen (secondary N) is 2. The fourth-order valence-corrected chi connectivity index (χ4v) is 2.96. The second kappa shape index (κ2) is 8.53. The summed E-state index contributed by atoms with van der Waals surface area (Å²) in [5.74, 6) is -0.358. The maximum Gasteiger partial charge on any atom is 0.255 e. The topological polar surface area (TPSA) is 58.2 Å². The first-order valence-corrected chi connectivity index (χ1v) is 9.25. The number of anilines is 1. The maximum absolute atomic E-state index is 12.5. The second-order valence-electron chi connectivity index (χ2n) is 6.95. The summed E-state index contributed by atoms with van der Waals surface area (Å²) in [5, 5.41) is 5.83. The summed E-state index contributed by atoms with van der Waals surface area (Å²) in [5.41, 5.74) is 6.21. The fourth-order valence-electron chi connectivity index (χ4n) is 2.96. The Labute approximate surface area is 165 Å². The van der Waals surface area contributed by atoms with Gasteiger partial charge in [0, 0.05) is 23.4 Å². The predicted molar refractivity (Wildman–Crippen MR) is 113 cm³/mol. The van der Waals surface area contributed by atoms with Crippen LogP contribution in [0.1, 0.15) is 43.0 Å². The Bertz CT molecular complexity index is 1010. The number of hydrogen-bond acceptors (Lipinski definition) is 2. The van der Waals surface area contributed by atoms with Crippen LogP contribution in [0.15, 0.2) is 66.7 Å². The van der Waals surface area contributed by atoms with Crippen molar-refractivity contribution in [1.82, 2.24) is 5.32 Å². The molecule has 2 amide bonds. The van der Waals surface area contributed by atoms with Gasteiger partial charge in [0.15, 0.2) is 0 Å². The summed E-state index contributed by atoms with van der Waals surface area (Å²) in [6.07, 6.45) is 0. The van der Waals surface area contributed by atoms with Crippen molar-refractivity contribution in [2.75, 3.05) is 5.32 Å². The van der Waals surface area contributed by atoms with E-state index in [9.17, 15) is 9.59 Å². The summed E-state index contributed by atoms with van der Waals surface area (Å²) < 4.78 is 0. The van der Waals surface area contributed by atoms with Gasteiger partial charge in [-0.05, 0) is 67.8 Å². The van der Waals surface area contributed by atoms with Gasteiger partial charge in [0.25, 0.3) is 11.8 Å². The van der Waals surface area contributed by atoms with E-state index in [2.05, 4.69) is 10.6 Å². The van der Waals surface area contributed by atoms with Gasteiger partial charge < -0.3 is 10.6 Å². The van der Waals surface area contributed by atoms with E-state index < -0.39 is 0 Å². The lowest BCUT2D eigenvalue weighted by Crippen LogP contribution is -2.23. The van der Waals surface area contributed by atoms with Gasteiger partial charge in [-0.25, -0.2) is 0 Å². The van der Waals surface area contributed by atoms with Gasteiger partial charge in [0.1, 0.15) is 0 Å². The van der Waals surface area contributed by atoms with Gasteiger partial charge in [-0.2, -0.15) is 0 Å². The van der Waals surface area contributed by atoms with E-state index in [1.54, 1.807) is 24.3 Å². The van der Waals surface area contributed by atoms with Crippen LogP contribution in [0.4, 0.5) is 5.69 Å². The summed E-state index contributed by atoms with van der Waals surface area (Å²) >= 11 is 0. The molecular weight excluding hydrogens is 348 g/mol. The molecule has 0 aliphatic rings. The first kappa shape index (κ1) is 19.4. The van der Waals surface area contributed by atoms with E-state index in [4.69, 9.17) is 0 Å². The molecule has 0 atom stereocenters. The molecule has 0 aliphatic heterocycles. The van der Waals surface area contributed by atoms with E-state index >= 15 is 0 Å². The molecule has 4 heteroatoms. The molecule has 0 unspecified atom stereocenters. The number of carbonyl (C=O) groups is 2. The van der Waals surface area contributed by atoms with Gasteiger partial charge in [0.2, 0.25) is 0 Å². The Morgan fingerprint density at radius 3 is 2.11 bits per heavy atom. The zero-order valence-electron chi connectivity index (χ0n) is 16.4. The Hall–Kier alpha value is -3.40. The highest BCUT2D eigenvalue weighted by Crippen LogP contribution is 2.19. The van der Waals surface area contributed by atoms with Crippen molar-refractivity contribution in [1.29, 1.82) is 0 Å². The predicted octanol–water partition coefficient (Wildman–Crippen LogP) is 4.79. The minimum absolute atomic E-state index is 0.164. The second-order valence-corrected chi connectivity index (χ2v) is 6.95. The molecule has 0 bridgehead atoms. The minimum atomic E-state index is -0.194. The number of rotatable bonds is 5. The monoisotopic (exact) mass is 372 g/mol. The highest BCUT2D eigenvalue weighted by atomic mass is 16.2. The van der Waals surface area contributed by atoms with Gasteiger partial charge in [0.05, 0.1) is 0 Å². The largest absolute Gasteiger partial charge is 0.348 e.